The van der Waals surface area contributed by atoms with Crippen molar-refractivity contribution in [2.24, 2.45) is 0 Å². The second-order valence-electron chi connectivity index (χ2n) is 19.8. The van der Waals surface area contributed by atoms with Crippen LogP contribution in [0.5, 0.6) is 0 Å². The first kappa shape index (κ1) is 41.2. The van der Waals surface area contributed by atoms with Crippen LogP contribution in [0.25, 0.3) is 22.3 Å². The minimum absolute atomic E-state index is 0.0423. The van der Waals surface area contributed by atoms with Crippen molar-refractivity contribution in [1.29, 1.82) is 0 Å². The van der Waals surface area contributed by atoms with Crippen molar-refractivity contribution in [3.8, 4) is 22.3 Å². The molecule has 0 radical (unpaired) electrons. The zero-order chi connectivity index (χ0) is 45.2. The van der Waals surface area contributed by atoms with Gasteiger partial charge in [0, 0.05) is 45.3 Å². The highest BCUT2D eigenvalue weighted by Crippen LogP contribution is 2.51. The van der Waals surface area contributed by atoms with E-state index in [0.29, 0.717) is 0 Å². The van der Waals surface area contributed by atoms with Crippen LogP contribution in [-0.2, 0) is 10.8 Å². The lowest BCUT2D eigenvalue weighted by molar-refractivity contribution is 0.590. The van der Waals surface area contributed by atoms with Crippen LogP contribution < -0.4 is 31.1 Å². The molecule has 3 nitrogen and oxygen atoms in total. The molecule has 11 rings (SSSR count). The third-order valence-electron chi connectivity index (χ3n) is 13.5. The fourth-order valence-electron chi connectivity index (χ4n) is 10.2. The molecule has 9 aromatic rings. The van der Waals surface area contributed by atoms with E-state index in [1.165, 1.54) is 72.5 Å². The van der Waals surface area contributed by atoms with Crippen LogP contribution in [0.3, 0.4) is 0 Å². The zero-order valence-electron chi connectivity index (χ0n) is 38.7. The molecule has 0 aromatic heterocycles. The molecule has 0 atom stereocenters. The van der Waals surface area contributed by atoms with Gasteiger partial charge in [0.25, 0.3) is 6.71 Å². The van der Waals surface area contributed by atoms with Crippen molar-refractivity contribution in [3.63, 3.8) is 0 Å². The Morgan fingerprint density at radius 2 is 0.697 bits per heavy atom. The van der Waals surface area contributed by atoms with Crippen molar-refractivity contribution < 1.29 is 0 Å². The van der Waals surface area contributed by atoms with E-state index < -0.39 is 0 Å². The second kappa shape index (κ2) is 16.2. The van der Waals surface area contributed by atoms with Crippen LogP contribution in [0.4, 0.5) is 51.2 Å². The molecule has 0 saturated heterocycles. The number of hydrogen-bond donors (Lipinski definition) is 0. The summed E-state index contributed by atoms with van der Waals surface area (Å²) in [5.41, 5.74) is 21.4. The van der Waals surface area contributed by atoms with Gasteiger partial charge in [-0.15, -0.1) is 0 Å². The SMILES string of the molecule is CC(C)(C)c1ccc2c(c1)N(c1ccccc1-c1ccccc1)c1cc(N(c3ccccc3)c3ccccc3)cc3c1B2c1ccc(C(C)(C)C)cc1N3c1ccccc1-c1ccccc1. The van der Waals surface area contributed by atoms with Crippen molar-refractivity contribution in [2.45, 2.75) is 52.4 Å². The van der Waals surface area contributed by atoms with Gasteiger partial charge in [0.1, 0.15) is 0 Å². The molecule has 320 valence electrons. The maximum Gasteiger partial charge on any atom is 0.252 e. The molecule has 4 heteroatoms. The average Bonchev–Trinajstić information content (AvgIpc) is 3.34. The number of rotatable bonds is 7. The predicted molar refractivity (Wildman–Crippen MR) is 283 cm³/mol. The van der Waals surface area contributed by atoms with Gasteiger partial charge in [0.15, 0.2) is 0 Å². The van der Waals surface area contributed by atoms with Crippen LogP contribution in [0.2, 0.25) is 0 Å². The molecule has 0 amide bonds. The third kappa shape index (κ3) is 7.09. The zero-order valence-corrected chi connectivity index (χ0v) is 38.7. The molecule has 2 aliphatic heterocycles. The van der Waals surface area contributed by atoms with E-state index >= 15 is 0 Å². The molecule has 0 bridgehead atoms. The Morgan fingerprint density at radius 3 is 1.09 bits per heavy atom. The van der Waals surface area contributed by atoms with Crippen molar-refractivity contribution in [3.05, 3.63) is 230 Å². The van der Waals surface area contributed by atoms with E-state index in [-0.39, 0.29) is 17.5 Å². The molecule has 0 spiro atoms. The molecular weight excluding hydrogens is 798 g/mol. The molecule has 2 aliphatic rings. The largest absolute Gasteiger partial charge is 0.311 e. The van der Waals surface area contributed by atoms with Gasteiger partial charge in [-0.25, -0.2) is 0 Å². The number of para-hydroxylation sites is 4. The standard InChI is InChI=1S/C62H54BN3/c1-61(2,3)45-35-37-52-56(39-45)65(54-33-21-19-31-50(54)43-23-11-7-12-24-43)58-41-49(64(47-27-15-9-16-28-47)48-29-17-10-18-30-48)42-59-60(58)63(52)53-38-36-46(62(4,5)6)40-57(53)66(59)55-34-22-20-32-51(55)44-25-13-8-14-26-44/h7-42H,1-6H3. The first-order valence-corrected chi connectivity index (χ1v) is 23.3. The highest BCUT2D eigenvalue weighted by molar-refractivity contribution is 7.00. The normalized spacial score (nSPS) is 12.9. The summed E-state index contributed by atoms with van der Waals surface area (Å²) in [5.74, 6) is 0. The lowest BCUT2D eigenvalue weighted by Crippen LogP contribution is -2.61. The fraction of sp³-hybridized carbons (Fsp3) is 0.129. The molecule has 66 heavy (non-hydrogen) atoms. The summed E-state index contributed by atoms with van der Waals surface area (Å²) >= 11 is 0. The monoisotopic (exact) mass is 851 g/mol. The van der Waals surface area contributed by atoms with Gasteiger partial charge in [0.05, 0.1) is 17.1 Å². The van der Waals surface area contributed by atoms with E-state index in [0.717, 1.165) is 28.4 Å². The number of fused-ring (bicyclic) bond motifs is 4. The van der Waals surface area contributed by atoms with Crippen molar-refractivity contribution >= 4 is 74.3 Å². The Morgan fingerprint density at radius 1 is 0.333 bits per heavy atom. The summed E-state index contributed by atoms with van der Waals surface area (Å²) < 4.78 is 0. The number of hydrogen-bond acceptors (Lipinski definition) is 3. The van der Waals surface area contributed by atoms with E-state index in [1.54, 1.807) is 0 Å². The minimum atomic E-state index is -0.0750. The molecule has 0 saturated carbocycles. The maximum atomic E-state index is 2.59. The summed E-state index contributed by atoms with van der Waals surface area (Å²) in [7, 11) is 0. The first-order valence-electron chi connectivity index (χ1n) is 23.3. The Kier molecular flexibility index (Phi) is 10.1. The number of benzene rings is 9. The number of nitrogens with zero attached hydrogens (tertiary/aromatic N) is 3. The minimum Gasteiger partial charge on any atom is -0.311 e. The average molecular weight is 852 g/mol. The Balaban J connectivity index is 1.31. The van der Waals surface area contributed by atoms with Gasteiger partial charge in [-0.2, -0.15) is 0 Å². The van der Waals surface area contributed by atoms with Crippen molar-refractivity contribution in [2.75, 3.05) is 14.7 Å². The number of anilines is 9. The molecule has 0 N–H and O–H groups in total. The van der Waals surface area contributed by atoms with E-state index in [1.807, 2.05) is 0 Å². The van der Waals surface area contributed by atoms with E-state index in [9.17, 15) is 0 Å². The molecule has 0 fully saturated rings. The van der Waals surface area contributed by atoms with Gasteiger partial charge in [-0.3, -0.25) is 0 Å². The fourth-order valence-corrected chi connectivity index (χ4v) is 10.2. The summed E-state index contributed by atoms with van der Waals surface area (Å²) in [6, 6.07) is 80.9. The van der Waals surface area contributed by atoms with Crippen molar-refractivity contribution in [1.82, 2.24) is 0 Å². The molecule has 9 aromatic carbocycles. The molecule has 0 aliphatic carbocycles. The third-order valence-corrected chi connectivity index (χ3v) is 13.5. The van der Waals surface area contributed by atoms with Gasteiger partial charge in [-0.05, 0) is 110 Å². The van der Waals surface area contributed by atoms with Gasteiger partial charge < -0.3 is 14.7 Å². The Hall–Kier alpha value is -7.56. The highest BCUT2D eigenvalue weighted by atomic mass is 15.2. The van der Waals surface area contributed by atoms with Crippen LogP contribution in [0.1, 0.15) is 52.7 Å². The Labute approximate surface area is 391 Å². The lowest BCUT2D eigenvalue weighted by atomic mass is 9.33. The predicted octanol–water partition coefficient (Wildman–Crippen LogP) is 15.2. The van der Waals surface area contributed by atoms with Crippen LogP contribution >= 0.6 is 0 Å². The molecular formula is C62H54BN3. The maximum absolute atomic E-state index is 2.59. The Bertz CT molecular complexity index is 3010. The van der Waals surface area contributed by atoms with Crippen LogP contribution in [0, 0.1) is 0 Å². The summed E-state index contributed by atoms with van der Waals surface area (Å²) in [6.07, 6.45) is 0. The first-order chi connectivity index (χ1) is 32.0. The topological polar surface area (TPSA) is 9.72 Å². The van der Waals surface area contributed by atoms with Gasteiger partial charge in [0.2, 0.25) is 0 Å². The smallest absolute Gasteiger partial charge is 0.252 e. The van der Waals surface area contributed by atoms with Crippen LogP contribution in [0.15, 0.2) is 218 Å². The summed E-state index contributed by atoms with van der Waals surface area (Å²) in [5, 5.41) is 0. The molecule has 0 unspecified atom stereocenters. The van der Waals surface area contributed by atoms with Gasteiger partial charge in [-0.1, -0.05) is 199 Å². The molecule has 2 heterocycles. The highest BCUT2D eigenvalue weighted by Gasteiger charge is 2.45. The summed E-state index contributed by atoms with van der Waals surface area (Å²) in [6.45, 7) is 13.9. The van der Waals surface area contributed by atoms with Crippen LogP contribution in [-0.4, -0.2) is 6.71 Å². The summed E-state index contributed by atoms with van der Waals surface area (Å²) in [4.78, 5) is 7.61. The van der Waals surface area contributed by atoms with E-state index in [2.05, 4.69) is 275 Å². The quantitative estimate of drug-likeness (QED) is 0.148. The van der Waals surface area contributed by atoms with Gasteiger partial charge >= 0.3 is 0 Å². The second-order valence-corrected chi connectivity index (χ2v) is 19.8. The lowest BCUT2D eigenvalue weighted by Gasteiger charge is -2.46. The van der Waals surface area contributed by atoms with E-state index in [4.69, 9.17) is 0 Å².